The van der Waals surface area contributed by atoms with Gasteiger partial charge in [0.1, 0.15) is 5.82 Å². The number of nitrogens with one attached hydrogen (secondary N) is 2. The number of fused-ring (bicyclic) bond motifs is 1. The number of aromatic nitrogens is 1. The lowest BCUT2D eigenvalue weighted by Crippen LogP contribution is -2.22. The molecule has 2 aromatic carbocycles. The van der Waals surface area contributed by atoms with Gasteiger partial charge < -0.3 is 22.2 Å². The number of urea groups is 1. The molecule has 0 saturated heterocycles. The highest BCUT2D eigenvalue weighted by molar-refractivity contribution is 6.13. The molecule has 0 aliphatic carbocycles. The van der Waals surface area contributed by atoms with Crippen LogP contribution in [0.1, 0.15) is 15.9 Å². The highest BCUT2D eigenvalue weighted by Crippen LogP contribution is 2.30. The lowest BCUT2D eigenvalue weighted by Gasteiger charge is -2.04. The zero-order valence-electron chi connectivity index (χ0n) is 12.8. The van der Waals surface area contributed by atoms with Crippen LogP contribution in [0, 0.1) is 0 Å². The van der Waals surface area contributed by atoms with Gasteiger partial charge in [-0.15, -0.1) is 0 Å². The van der Waals surface area contributed by atoms with Crippen molar-refractivity contribution in [1.29, 1.82) is 0 Å². The predicted molar refractivity (Wildman–Crippen MR) is 93.4 cm³/mol. The second-order valence-electron chi connectivity index (χ2n) is 5.39. The monoisotopic (exact) mass is 323 g/mol. The van der Waals surface area contributed by atoms with E-state index in [1.165, 1.54) is 0 Å². The van der Waals surface area contributed by atoms with Crippen molar-refractivity contribution in [1.82, 2.24) is 4.98 Å². The molecule has 7 nitrogen and oxygen atoms in total. The van der Waals surface area contributed by atoms with Crippen LogP contribution in [-0.4, -0.2) is 16.9 Å². The number of H-pyrrole nitrogens is 1. The summed E-state index contributed by atoms with van der Waals surface area (Å²) in [6.07, 6.45) is 0. The second-order valence-corrected chi connectivity index (χ2v) is 5.39. The van der Waals surface area contributed by atoms with Gasteiger partial charge in [0.25, 0.3) is 5.91 Å². The zero-order valence-corrected chi connectivity index (χ0v) is 12.8. The van der Waals surface area contributed by atoms with E-state index < -0.39 is 11.9 Å². The van der Waals surface area contributed by atoms with Crippen molar-refractivity contribution >= 4 is 28.7 Å². The summed E-state index contributed by atoms with van der Waals surface area (Å²) < 4.78 is 0. The SMILES string of the molecule is NCc1ccc(-c2ccc3c(C(N)=O)c(NC(N)=O)[nH]c3c2)cc1. The van der Waals surface area contributed by atoms with Gasteiger partial charge in [0.05, 0.1) is 5.56 Å². The number of benzene rings is 2. The van der Waals surface area contributed by atoms with E-state index in [9.17, 15) is 9.59 Å². The van der Waals surface area contributed by atoms with Crippen LogP contribution < -0.4 is 22.5 Å². The Kier molecular flexibility index (Phi) is 3.93. The Morgan fingerprint density at radius 1 is 1.00 bits per heavy atom. The van der Waals surface area contributed by atoms with E-state index in [1.807, 2.05) is 36.4 Å². The normalized spacial score (nSPS) is 10.7. The topological polar surface area (TPSA) is 140 Å². The van der Waals surface area contributed by atoms with Crippen molar-refractivity contribution in [3.63, 3.8) is 0 Å². The first-order valence-electron chi connectivity index (χ1n) is 7.31. The Morgan fingerprint density at radius 2 is 1.67 bits per heavy atom. The summed E-state index contributed by atoms with van der Waals surface area (Å²) in [5, 5.41) is 3.01. The molecule has 0 atom stereocenters. The van der Waals surface area contributed by atoms with E-state index in [1.54, 1.807) is 6.07 Å². The lowest BCUT2D eigenvalue weighted by molar-refractivity contribution is 0.100. The third kappa shape index (κ3) is 2.80. The smallest absolute Gasteiger partial charge is 0.317 e. The van der Waals surface area contributed by atoms with E-state index in [0.29, 0.717) is 17.4 Å². The average molecular weight is 323 g/mol. The van der Waals surface area contributed by atoms with E-state index >= 15 is 0 Å². The minimum Gasteiger partial charge on any atom is -0.365 e. The van der Waals surface area contributed by atoms with Gasteiger partial charge in [0.15, 0.2) is 0 Å². The largest absolute Gasteiger partial charge is 0.365 e. The minimum atomic E-state index is -0.776. The van der Waals surface area contributed by atoms with Gasteiger partial charge in [-0.25, -0.2) is 4.79 Å². The number of anilines is 1. The van der Waals surface area contributed by atoms with Gasteiger partial charge in [-0.3, -0.25) is 10.1 Å². The molecule has 0 radical (unpaired) electrons. The summed E-state index contributed by atoms with van der Waals surface area (Å²) in [6, 6.07) is 12.6. The predicted octanol–water partition coefficient (Wildman–Crippen LogP) is 1.88. The molecule has 8 N–H and O–H groups in total. The number of rotatable bonds is 4. The molecule has 0 aliphatic rings. The van der Waals surface area contributed by atoms with Crippen molar-refractivity contribution < 1.29 is 9.59 Å². The molecule has 3 rings (SSSR count). The number of carbonyl (C=O) groups is 2. The van der Waals surface area contributed by atoms with Crippen molar-refractivity contribution in [3.05, 3.63) is 53.6 Å². The summed E-state index contributed by atoms with van der Waals surface area (Å²) >= 11 is 0. The van der Waals surface area contributed by atoms with Crippen molar-refractivity contribution in [2.24, 2.45) is 17.2 Å². The maximum Gasteiger partial charge on any atom is 0.317 e. The average Bonchev–Trinajstić information content (AvgIpc) is 2.91. The van der Waals surface area contributed by atoms with Crippen LogP contribution in [0.5, 0.6) is 0 Å². The molecule has 3 aromatic rings. The van der Waals surface area contributed by atoms with Gasteiger partial charge in [-0.1, -0.05) is 36.4 Å². The van der Waals surface area contributed by atoms with Crippen LogP contribution in [0.2, 0.25) is 0 Å². The van der Waals surface area contributed by atoms with E-state index in [-0.39, 0.29) is 11.4 Å². The molecular weight excluding hydrogens is 306 g/mol. The Balaban J connectivity index is 2.10. The van der Waals surface area contributed by atoms with Crippen LogP contribution >= 0.6 is 0 Å². The first-order valence-corrected chi connectivity index (χ1v) is 7.31. The number of hydrogen-bond donors (Lipinski definition) is 5. The standard InChI is InChI=1S/C17H17N5O2/c18-8-9-1-3-10(4-2-9)11-5-6-12-13(7-11)21-16(22-17(20)24)14(12)15(19)23/h1-7,21H,8,18H2,(H2,19,23)(H3,20,22,24). The molecule has 122 valence electrons. The van der Waals surface area contributed by atoms with Gasteiger partial charge >= 0.3 is 6.03 Å². The van der Waals surface area contributed by atoms with Gasteiger partial charge in [-0.2, -0.15) is 0 Å². The fraction of sp³-hybridized carbons (Fsp3) is 0.0588. The third-order valence-electron chi connectivity index (χ3n) is 3.82. The summed E-state index contributed by atoms with van der Waals surface area (Å²) in [4.78, 5) is 25.8. The Hall–Kier alpha value is -3.32. The highest BCUT2D eigenvalue weighted by atomic mass is 16.2. The minimum absolute atomic E-state index is 0.195. The van der Waals surface area contributed by atoms with Crippen molar-refractivity contribution in [3.8, 4) is 11.1 Å². The van der Waals surface area contributed by atoms with Crippen LogP contribution in [-0.2, 0) is 6.54 Å². The molecule has 0 unspecified atom stereocenters. The molecule has 0 bridgehead atoms. The van der Waals surface area contributed by atoms with Crippen molar-refractivity contribution in [2.45, 2.75) is 6.54 Å². The zero-order chi connectivity index (χ0) is 17.3. The maximum absolute atomic E-state index is 11.7. The molecule has 7 heteroatoms. The van der Waals surface area contributed by atoms with E-state index in [0.717, 1.165) is 16.7 Å². The van der Waals surface area contributed by atoms with E-state index in [2.05, 4.69) is 10.3 Å². The summed E-state index contributed by atoms with van der Waals surface area (Å²) in [6.45, 7) is 0.486. The summed E-state index contributed by atoms with van der Waals surface area (Å²) in [5.41, 5.74) is 20.0. The Labute approximate surface area is 137 Å². The first-order chi connectivity index (χ1) is 11.5. The molecule has 0 fully saturated rings. The quantitative estimate of drug-likeness (QED) is 0.500. The molecular formula is C17H17N5O2. The number of nitrogens with two attached hydrogens (primary N) is 3. The van der Waals surface area contributed by atoms with Gasteiger partial charge in [0, 0.05) is 17.4 Å². The van der Waals surface area contributed by atoms with Crippen LogP contribution in [0.3, 0.4) is 0 Å². The second kappa shape index (κ2) is 6.05. The molecule has 0 aliphatic heterocycles. The summed E-state index contributed by atoms with van der Waals surface area (Å²) in [5.74, 6) is -0.453. The number of amides is 3. The number of aromatic amines is 1. The van der Waals surface area contributed by atoms with Gasteiger partial charge in [-0.05, 0) is 22.8 Å². The molecule has 1 aromatic heterocycles. The third-order valence-corrected chi connectivity index (χ3v) is 3.82. The van der Waals surface area contributed by atoms with Crippen LogP contribution in [0.4, 0.5) is 10.6 Å². The molecule has 1 heterocycles. The number of primary amides is 2. The molecule has 0 spiro atoms. The summed E-state index contributed by atoms with van der Waals surface area (Å²) in [7, 11) is 0. The lowest BCUT2D eigenvalue weighted by atomic mass is 10.0. The number of carbonyl (C=O) groups excluding carboxylic acids is 2. The van der Waals surface area contributed by atoms with Gasteiger partial charge in [0.2, 0.25) is 0 Å². The number of hydrogen-bond acceptors (Lipinski definition) is 3. The molecule has 3 amide bonds. The molecule has 24 heavy (non-hydrogen) atoms. The van der Waals surface area contributed by atoms with Crippen LogP contribution in [0.25, 0.3) is 22.0 Å². The fourth-order valence-electron chi connectivity index (χ4n) is 2.68. The van der Waals surface area contributed by atoms with E-state index in [4.69, 9.17) is 17.2 Å². The Morgan fingerprint density at radius 3 is 2.25 bits per heavy atom. The molecule has 0 saturated carbocycles. The first kappa shape index (κ1) is 15.6. The fourth-order valence-corrected chi connectivity index (χ4v) is 2.68. The van der Waals surface area contributed by atoms with Crippen LogP contribution in [0.15, 0.2) is 42.5 Å². The van der Waals surface area contributed by atoms with Crippen molar-refractivity contribution in [2.75, 3.05) is 5.32 Å². The highest BCUT2D eigenvalue weighted by Gasteiger charge is 2.17. The Bertz CT molecular complexity index is 928. The maximum atomic E-state index is 11.7.